The van der Waals surface area contributed by atoms with Gasteiger partial charge < -0.3 is 5.32 Å². The summed E-state index contributed by atoms with van der Waals surface area (Å²) >= 11 is 4.52. The van der Waals surface area contributed by atoms with E-state index in [-0.39, 0.29) is 5.91 Å². The van der Waals surface area contributed by atoms with Gasteiger partial charge >= 0.3 is 0 Å². The Balaban J connectivity index is 1.93. The van der Waals surface area contributed by atoms with E-state index in [9.17, 15) is 4.79 Å². The maximum atomic E-state index is 12.8. The lowest BCUT2D eigenvalue weighted by molar-refractivity contribution is 0.103. The second-order valence-electron chi connectivity index (χ2n) is 5.37. The molecule has 1 heterocycles. The maximum Gasteiger partial charge on any atom is 0.269 e. The molecule has 1 aromatic heterocycles. The number of benzene rings is 2. The lowest BCUT2D eigenvalue weighted by Crippen LogP contribution is -2.14. The zero-order valence-corrected chi connectivity index (χ0v) is 15.7. The van der Waals surface area contributed by atoms with Gasteiger partial charge in [-0.3, -0.25) is 4.79 Å². The molecular weight excluding hydrogens is 386 g/mol. The number of hydrogen-bond donors (Lipinski definition) is 1. The fourth-order valence-corrected chi connectivity index (χ4v) is 3.36. The van der Waals surface area contributed by atoms with Gasteiger partial charge in [-0.2, -0.15) is 0 Å². The molecule has 6 heteroatoms. The molecular formula is C18H16BrN3OS. The van der Waals surface area contributed by atoms with Crippen LogP contribution in [0.3, 0.4) is 0 Å². The lowest BCUT2D eigenvalue weighted by Gasteiger charge is -2.12. The summed E-state index contributed by atoms with van der Waals surface area (Å²) in [6.07, 6.45) is 0.859. The minimum absolute atomic E-state index is 0.174. The average Bonchev–Trinajstić information content (AvgIpc) is 3.07. The molecule has 122 valence electrons. The summed E-state index contributed by atoms with van der Waals surface area (Å²) in [6, 6.07) is 13.7. The van der Waals surface area contributed by atoms with Gasteiger partial charge in [0.2, 0.25) is 0 Å². The highest BCUT2D eigenvalue weighted by atomic mass is 79.9. The second-order valence-corrected chi connectivity index (χ2v) is 7.04. The van der Waals surface area contributed by atoms with Gasteiger partial charge in [0.1, 0.15) is 10.6 Å². The molecule has 1 N–H and O–H groups in total. The number of halogens is 1. The number of amides is 1. The van der Waals surface area contributed by atoms with E-state index in [1.165, 1.54) is 0 Å². The Labute approximate surface area is 153 Å². The fraction of sp³-hybridized carbons (Fsp3) is 0.167. The fourth-order valence-electron chi connectivity index (χ4n) is 2.51. The van der Waals surface area contributed by atoms with Gasteiger partial charge in [-0.05, 0) is 48.1 Å². The van der Waals surface area contributed by atoms with E-state index in [4.69, 9.17) is 0 Å². The zero-order chi connectivity index (χ0) is 17.1. The normalized spacial score (nSPS) is 10.6. The van der Waals surface area contributed by atoms with Gasteiger partial charge in [0.05, 0.1) is 0 Å². The van der Waals surface area contributed by atoms with Crippen molar-refractivity contribution in [2.45, 2.75) is 20.3 Å². The minimum Gasteiger partial charge on any atom is -0.321 e. The Kier molecular flexibility index (Phi) is 5.06. The van der Waals surface area contributed by atoms with Crippen molar-refractivity contribution in [1.29, 1.82) is 0 Å². The summed E-state index contributed by atoms with van der Waals surface area (Å²) in [5, 5.41) is 7.17. The standard InChI is InChI=1S/C18H16BrN3OS/c1-3-12-6-4-5-11(2)15(12)20-18(23)17-16(21-22-24-17)13-7-9-14(19)10-8-13/h4-10H,3H2,1-2H3,(H,20,23). The van der Waals surface area contributed by atoms with Crippen molar-refractivity contribution in [2.24, 2.45) is 0 Å². The Morgan fingerprint density at radius 2 is 1.96 bits per heavy atom. The van der Waals surface area contributed by atoms with Gasteiger partial charge in [-0.15, -0.1) is 5.10 Å². The van der Waals surface area contributed by atoms with Crippen LogP contribution in [0.1, 0.15) is 27.7 Å². The number of rotatable bonds is 4. The summed E-state index contributed by atoms with van der Waals surface area (Å²) in [7, 11) is 0. The largest absolute Gasteiger partial charge is 0.321 e. The van der Waals surface area contributed by atoms with Crippen LogP contribution in [-0.4, -0.2) is 15.5 Å². The molecule has 0 saturated carbocycles. The van der Waals surface area contributed by atoms with Crippen LogP contribution in [0.4, 0.5) is 5.69 Å². The molecule has 0 atom stereocenters. The summed E-state index contributed by atoms with van der Waals surface area (Å²) in [5.74, 6) is -0.174. The van der Waals surface area contributed by atoms with E-state index in [1.54, 1.807) is 0 Å². The molecule has 1 amide bonds. The van der Waals surface area contributed by atoms with Gasteiger partial charge in [-0.1, -0.05) is 57.7 Å². The van der Waals surface area contributed by atoms with E-state index in [2.05, 4.69) is 37.8 Å². The number of nitrogens with one attached hydrogen (secondary N) is 1. The molecule has 0 bridgehead atoms. The molecule has 24 heavy (non-hydrogen) atoms. The summed E-state index contributed by atoms with van der Waals surface area (Å²) < 4.78 is 4.95. The highest BCUT2D eigenvalue weighted by Gasteiger charge is 2.19. The summed E-state index contributed by atoms with van der Waals surface area (Å²) in [5.41, 5.74) is 4.52. The molecule has 0 aliphatic carbocycles. The third-order valence-corrected chi connectivity index (χ3v) is 5.04. The van der Waals surface area contributed by atoms with Crippen LogP contribution >= 0.6 is 27.5 Å². The number of para-hydroxylation sites is 1. The average molecular weight is 402 g/mol. The third-order valence-electron chi connectivity index (χ3n) is 3.79. The van der Waals surface area contributed by atoms with Crippen molar-refractivity contribution in [3.05, 3.63) is 62.9 Å². The molecule has 0 saturated heterocycles. The molecule has 4 nitrogen and oxygen atoms in total. The molecule has 0 aliphatic heterocycles. The number of aromatic nitrogens is 2. The Morgan fingerprint density at radius 3 is 2.67 bits per heavy atom. The monoisotopic (exact) mass is 401 g/mol. The highest BCUT2D eigenvalue weighted by molar-refractivity contribution is 9.10. The highest BCUT2D eigenvalue weighted by Crippen LogP contribution is 2.28. The SMILES string of the molecule is CCc1cccc(C)c1NC(=O)c1snnc1-c1ccc(Br)cc1. The van der Waals surface area contributed by atoms with Crippen LogP contribution in [0.15, 0.2) is 46.9 Å². The van der Waals surface area contributed by atoms with E-state index in [0.717, 1.165) is 44.8 Å². The van der Waals surface area contributed by atoms with Crippen molar-refractivity contribution < 1.29 is 4.79 Å². The molecule has 0 fully saturated rings. The number of anilines is 1. The lowest BCUT2D eigenvalue weighted by atomic mass is 10.1. The Bertz CT molecular complexity index is 874. The van der Waals surface area contributed by atoms with Crippen molar-refractivity contribution in [1.82, 2.24) is 9.59 Å². The number of hydrogen-bond acceptors (Lipinski definition) is 4. The molecule has 0 aliphatic rings. The first kappa shape index (κ1) is 16.8. The van der Waals surface area contributed by atoms with Gasteiger partial charge in [0, 0.05) is 15.7 Å². The van der Waals surface area contributed by atoms with Gasteiger partial charge in [-0.25, -0.2) is 0 Å². The minimum atomic E-state index is -0.174. The first-order chi connectivity index (χ1) is 11.6. The van der Waals surface area contributed by atoms with Crippen LogP contribution in [0, 0.1) is 6.92 Å². The Morgan fingerprint density at radius 1 is 1.21 bits per heavy atom. The molecule has 3 rings (SSSR count). The molecule has 0 spiro atoms. The van der Waals surface area contributed by atoms with E-state index in [1.807, 2.05) is 49.4 Å². The van der Waals surface area contributed by atoms with Gasteiger partial charge in [0.15, 0.2) is 0 Å². The van der Waals surface area contributed by atoms with Crippen LogP contribution in [-0.2, 0) is 6.42 Å². The predicted molar refractivity (Wildman–Crippen MR) is 102 cm³/mol. The van der Waals surface area contributed by atoms with Crippen LogP contribution in [0.2, 0.25) is 0 Å². The predicted octanol–water partition coefficient (Wildman–Crippen LogP) is 5.09. The maximum absolute atomic E-state index is 12.8. The zero-order valence-electron chi connectivity index (χ0n) is 13.3. The number of nitrogens with zero attached hydrogens (tertiary/aromatic N) is 2. The second kappa shape index (κ2) is 7.23. The molecule has 0 radical (unpaired) electrons. The molecule has 0 unspecified atom stereocenters. The van der Waals surface area contributed by atoms with E-state index >= 15 is 0 Å². The van der Waals surface area contributed by atoms with E-state index < -0.39 is 0 Å². The number of carbonyl (C=O) groups excluding carboxylic acids is 1. The summed E-state index contributed by atoms with van der Waals surface area (Å²) in [4.78, 5) is 13.3. The number of aryl methyl sites for hydroxylation is 2. The quantitative estimate of drug-likeness (QED) is 0.661. The van der Waals surface area contributed by atoms with Crippen LogP contribution in [0.25, 0.3) is 11.3 Å². The van der Waals surface area contributed by atoms with Crippen molar-refractivity contribution in [3.8, 4) is 11.3 Å². The van der Waals surface area contributed by atoms with Crippen LogP contribution < -0.4 is 5.32 Å². The summed E-state index contributed by atoms with van der Waals surface area (Å²) in [6.45, 7) is 4.07. The topological polar surface area (TPSA) is 54.9 Å². The number of carbonyl (C=O) groups is 1. The third kappa shape index (κ3) is 3.39. The first-order valence-electron chi connectivity index (χ1n) is 7.58. The van der Waals surface area contributed by atoms with Gasteiger partial charge in [0.25, 0.3) is 5.91 Å². The first-order valence-corrected chi connectivity index (χ1v) is 9.15. The smallest absolute Gasteiger partial charge is 0.269 e. The molecule has 3 aromatic rings. The molecule has 2 aromatic carbocycles. The Hall–Kier alpha value is -2.05. The van der Waals surface area contributed by atoms with E-state index in [0.29, 0.717) is 10.6 Å². The van der Waals surface area contributed by atoms with Crippen molar-refractivity contribution in [3.63, 3.8) is 0 Å². The van der Waals surface area contributed by atoms with Crippen LogP contribution in [0.5, 0.6) is 0 Å². The van der Waals surface area contributed by atoms with Crippen molar-refractivity contribution >= 4 is 39.1 Å². The van der Waals surface area contributed by atoms with Crippen molar-refractivity contribution in [2.75, 3.05) is 5.32 Å².